The Morgan fingerprint density at radius 2 is 2.08 bits per heavy atom. The first-order chi connectivity index (χ1) is 17.1. The molecule has 0 unspecified atom stereocenters. The lowest BCUT2D eigenvalue weighted by Crippen LogP contribution is -2.55. The van der Waals surface area contributed by atoms with E-state index in [1.165, 1.54) is 4.90 Å². The van der Waals surface area contributed by atoms with E-state index >= 15 is 0 Å². The number of carbonyl (C=O) groups excluding carboxylic acids is 3. The topological polar surface area (TPSA) is 147 Å². The molecule has 2 amide bonds. The number of nitrogen functional groups attached to an aromatic ring is 1. The number of esters is 1. The van der Waals surface area contributed by atoms with E-state index < -0.39 is 29.4 Å². The molecule has 0 saturated carbocycles. The van der Waals surface area contributed by atoms with E-state index in [4.69, 9.17) is 15.2 Å². The number of aromatic nitrogens is 1. The number of benzene rings is 2. The fourth-order valence-corrected chi connectivity index (χ4v) is 4.17. The summed E-state index contributed by atoms with van der Waals surface area (Å²) >= 11 is 0. The zero-order valence-electron chi connectivity index (χ0n) is 20.4. The van der Waals surface area contributed by atoms with Gasteiger partial charge in [-0.25, -0.2) is 0 Å². The summed E-state index contributed by atoms with van der Waals surface area (Å²) in [5, 5.41) is 14.9. The molecule has 2 aromatic carbocycles. The third kappa shape index (κ3) is 4.77. The molecule has 2 heterocycles. The van der Waals surface area contributed by atoms with Gasteiger partial charge in [0.1, 0.15) is 5.82 Å². The summed E-state index contributed by atoms with van der Waals surface area (Å²) in [4.78, 5) is 42.8. The Kier molecular flexibility index (Phi) is 7.00. The van der Waals surface area contributed by atoms with Crippen LogP contribution in [0.2, 0.25) is 0 Å². The Labute approximate surface area is 208 Å². The lowest BCUT2D eigenvalue weighted by molar-refractivity contribution is -0.150. The summed E-state index contributed by atoms with van der Waals surface area (Å²) in [6, 6.07) is 12.1. The maximum atomic E-state index is 13.3. The van der Waals surface area contributed by atoms with Crippen LogP contribution in [-0.2, 0) is 29.3 Å². The van der Waals surface area contributed by atoms with Crippen molar-refractivity contribution in [2.75, 3.05) is 35.7 Å². The smallest absolute Gasteiger partial charge is 0.315 e. The van der Waals surface area contributed by atoms with Gasteiger partial charge in [0, 0.05) is 34.9 Å². The third-order valence-corrected chi connectivity index (χ3v) is 6.33. The average molecular weight is 495 g/mol. The number of morpholine rings is 1. The van der Waals surface area contributed by atoms with Gasteiger partial charge in [0.25, 0.3) is 11.8 Å². The van der Waals surface area contributed by atoms with Crippen molar-refractivity contribution in [2.45, 2.75) is 38.4 Å². The number of hydrogen-bond donors (Lipinski definition) is 4. The number of hydrogen-bond acceptors (Lipinski definition) is 7. The van der Waals surface area contributed by atoms with Gasteiger partial charge in [0.05, 0.1) is 18.6 Å². The maximum Gasteiger partial charge on any atom is 0.315 e. The minimum Gasteiger partial charge on any atom is -0.465 e. The molecule has 0 radical (unpaired) electrons. The van der Waals surface area contributed by atoms with Crippen LogP contribution in [-0.4, -0.2) is 59.8 Å². The molecule has 0 aliphatic carbocycles. The number of amides is 2. The van der Waals surface area contributed by atoms with Gasteiger partial charge in [-0.15, -0.1) is 0 Å². The van der Waals surface area contributed by atoms with Gasteiger partial charge >= 0.3 is 5.97 Å². The van der Waals surface area contributed by atoms with Crippen LogP contribution >= 0.6 is 0 Å². The van der Waals surface area contributed by atoms with E-state index in [0.717, 1.165) is 10.8 Å². The first-order valence-corrected chi connectivity index (χ1v) is 11.7. The summed E-state index contributed by atoms with van der Waals surface area (Å²) in [7, 11) is 0. The molecule has 5 N–H and O–H groups in total. The van der Waals surface area contributed by atoms with Crippen LogP contribution in [0.25, 0.3) is 10.8 Å². The van der Waals surface area contributed by atoms with E-state index in [1.54, 1.807) is 69.4 Å². The van der Waals surface area contributed by atoms with Crippen molar-refractivity contribution >= 4 is 45.7 Å². The quantitative estimate of drug-likeness (QED) is 0.369. The number of aromatic amines is 1. The number of nitrogens with two attached hydrogens (primary N) is 1. The predicted molar refractivity (Wildman–Crippen MR) is 136 cm³/mol. The first-order valence-electron chi connectivity index (χ1n) is 11.7. The number of H-pyrrole nitrogens is 1. The zero-order valence-corrected chi connectivity index (χ0v) is 20.4. The van der Waals surface area contributed by atoms with E-state index in [1.807, 2.05) is 0 Å². The number of fused-ring (bicyclic) bond motifs is 1. The van der Waals surface area contributed by atoms with Gasteiger partial charge < -0.3 is 35.5 Å². The van der Waals surface area contributed by atoms with Crippen molar-refractivity contribution in [3.8, 4) is 0 Å². The van der Waals surface area contributed by atoms with Crippen LogP contribution in [0.15, 0.2) is 48.7 Å². The van der Waals surface area contributed by atoms with Gasteiger partial charge in [0.2, 0.25) is 0 Å². The highest BCUT2D eigenvalue weighted by atomic mass is 16.5. The van der Waals surface area contributed by atoms with Gasteiger partial charge in [-0.2, -0.15) is 0 Å². The second kappa shape index (κ2) is 10.00. The summed E-state index contributed by atoms with van der Waals surface area (Å²) in [5.41, 5.74) is 6.57. The van der Waals surface area contributed by atoms with Crippen molar-refractivity contribution in [3.63, 3.8) is 0 Å². The standard InChI is InChI=1S/C26H30N4O6/c1-4-35-25(34)26(2,3)16-6-5-7-18(13-16)30-10-11-36-21(24(30)33)20(31)23(32)29-17-8-9-19-15(12-17)14-28-22(19)27/h5-9,12-14,20-21,28,31H,4,10-11,27H2,1-3H3,(H,29,32)/t20-,21-/m1/s1. The number of rotatable bonds is 7. The van der Waals surface area contributed by atoms with Gasteiger partial charge in [-0.05, 0) is 56.7 Å². The highest BCUT2D eigenvalue weighted by Gasteiger charge is 2.40. The second-order valence-electron chi connectivity index (χ2n) is 9.12. The Morgan fingerprint density at radius 1 is 1.31 bits per heavy atom. The molecule has 36 heavy (non-hydrogen) atoms. The van der Waals surface area contributed by atoms with Crippen LogP contribution in [0.4, 0.5) is 17.2 Å². The maximum absolute atomic E-state index is 13.3. The summed E-state index contributed by atoms with van der Waals surface area (Å²) in [6.07, 6.45) is -1.40. The van der Waals surface area contributed by atoms with Crippen molar-refractivity contribution < 1.29 is 29.0 Å². The van der Waals surface area contributed by atoms with E-state index in [0.29, 0.717) is 22.8 Å². The largest absolute Gasteiger partial charge is 0.465 e. The Morgan fingerprint density at radius 3 is 2.83 bits per heavy atom. The van der Waals surface area contributed by atoms with Crippen LogP contribution in [0.1, 0.15) is 26.3 Å². The first kappa shape index (κ1) is 25.2. The SMILES string of the molecule is CCOC(=O)C(C)(C)c1cccc(N2CCO[C@H]([C@@H](O)C(=O)Nc3ccc4c(N)[nH]cc4c3)C2=O)c1. The van der Waals surface area contributed by atoms with Crippen LogP contribution in [0, 0.1) is 0 Å². The van der Waals surface area contributed by atoms with Crippen LogP contribution in [0.3, 0.4) is 0 Å². The molecule has 10 nitrogen and oxygen atoms in total. The molecule has 2 atom stereocenters. The molecule has 1 fully saturated rings. The number of nitrogens with zero attached hydrogens (tertiary/aromatic N) is 1. The van der Waals surface area contributed by atoms with Crippen LogP contribution < -0.4 is 16.0 Å². The molecule has 1 saturated heterocycles. The predicted octanol–water partition coefficient (Wildman–Crippen LogP) is 2.32. The average Bonchev–Trinajstić information content (AvgIpc) is 3.23. The molecule has 4 rings (SSSR count). The summed E-state index contributed by atoms with van der Waals surface area (Å²) in [5.74, 6) is -1.18. The van der Waals surface area contributed by atoms with E-state index in [9.17, 15) is 19.5 Å². The number of nitrogens with one attached hydrogen (secondary N) is 2. The number of anilines is 3. The minimum absolute atomic E-state index is 0.126. The number of carbonyl (C=O) groups is 3. The number of aliphatic hydroxyl groups excluding tert-OH is 1. The highest BCUT2D eigenvalue weighted by molar-refractivity contribution is 6.05. The van der Waals surface area contributed by atoms with Gasteiger partial charge in [0.15, 0.2) is 12.2 Å². The lowest BCUT2D eigenvalue weighted by Gasteiger charge is -2.34. The zero-order chi connectivity index (χ0) is 26.0. The van der Waals surface area contributed by atoms with Crippen molar-refractivity contribution in [2.24, 2.45) is 0 Å². The molecule has 1 aliphatic heterocycles. The Bertz CT molecular complexity index is 1300. The molecular formula is C26H30N4O6. The highest BCUT2D eigenvalue weighted by Crippen LogP contribution is 2.30. The molecule has 1 aliphatic rings. The number of ether oxygens (including phenoxy) is 2. The Balaban J connectivity index is 1.50. The third-order valence-electron chi connectivity index (χ3n) is 6.33. The summed E-state index contributed by atoms with van der Waals surface area (Å²) < 4.78 is 10.7. The molecular weight excluding hydrogens is 464 g/mol. The van der Waals surface area contributed by atoms with Crippen LogP contribution in [0.5, 0.6) is 0 Å². The molecule has 0 bridgehead atoms. The minimum atomic E-state index is -1.73. The number of aliphatic hydroxyl groups is 1. The molecule has 1 aromatic heterocycles. The van der Waals surface area contributed by atoms with Gasteiger partial charge in [-0.3, -0.25) is 14.4 Å². The fourth-order valence-electron chi connectivity index (χ4n) is 4.17. The molecule has 10 heteroatoms. The lowest BCUT2D eigenvalue weighted by atomic mass is 9.84. The molecule has 3 aromatic rings. The van der Waals surface area contributed by atoms with Crippen molar-refractivity contribution in [3.05, 3.63) is 54.2 Å². The Hall–Kier alpha value is -3.89. The normalized spacial score (nSPS) is 17.2. The molecule has 190 valence electrons. The molecule has 0 spiro atoms. The van der Waals surface area contributed by atoms with Gasteiger partial charge in [-0.1, -0.05) is 12.1 Å². The van der Waals surface area contributed by atoms with Crippen molar-refractivity contribution in [1.82, 2.24) is 4.98 Å². The fraction of sp³-hybridized carbons (Fsp3) is 0.346. The second-order valence-corrected chi connectivity index (χ2v) is 9.12. The monoisotopic (exact) mass is 494 g/mol. The van der Waals surface area contributed by atoms with E-state index in [-0.39, 0.29) is 25.7 Å². The van der Waals surface area contributed by atoms with Crippen molar-refractivity contribution in [1.29, 1.82) is 0 Å². The summed E-state index contributed by atoms with van der Waals surface area (Å²) in [6.45, 7) is 5.87. The van der Waals surface area contributed by atoms with E-state index in [2.05, 4.69) is 10.3 Å².